The van der Waals surface area contributed by atoms with Gasteiger partial charge in [0.2, 0.25) is 0 Å². The lowest BCUT2D eigenvalue weighted by atomic mass is 10.1. The highest BCUT2D eigenvalue weighted by Crippen LogP contribution is 2.12. The molecule has 0 fully saturated rings. The van der Waals surface area contributed by atoms with Crippen LogP contribution >= 0.6 is 0 Å². The number of methoxy groups -OCH3 is 1. The zero-order chi connectivity index (χ0) is 17.0. The van der Waals surface area contributed by atoms with Crippen molar-refractivity contribution >= 4 is 5.96 Å². The molecule has 2 aromatic rings. The van der Waals surface area contributed by atoms with Gasteiger partial charge in [-0.3, -0.25) is 4.99 Å². The molecule has 0 atom stereocenters. The molecule has 0 heterocycles. The molecule has 0 spiro atoms. The van der Waals surface area contributed by atoms with Crippen LogP contribution < -0.4 is 15.4 Å². The molecule has 128 valence electrons. The Bertz CT molecular complexity index is 609. The molecule has 0 aromatic heterocycles. The summed E-state index contributed by atoms with van der Waals surface area (Å²) in [6, 6.07) is 18.7. The van der Waals surface area contributed by atoms with Crippen molar-refractivity contribution in [2.75, 3.05) is 27.2 Å². The smallest absolute Gasteiger partial charge is 0.190 e. The number of aliphatic imine (C=N–C) groups is 1. The predicted molar refractivity (Wildman–Crippen MR) is 101 cm³/mol. The molecule has 0 aliphatic carbocycles. The van der Waals surface area contributed by atoms with Crippen LogP contribution in [0.5, 0.6) is 5.75 Å². The molecule has 0 radical (unpaired) electrons. The average Bonchev–Trinajstić information content (AvgIpc) is 2.65. The van der Waals surface area contributed by atoms with Gasteiger partial charge in [-0.1, -0.05) is 42.5 Å². The van der Waals surface area contributed by atoms with Gasteiger partial charge in [0.05, 0.1) is 7.11 Å². The van der Waals surface area contributed by atoms with Crippen LogP contribution in [0.3, 0.4) is 0 Å². The minimum absolute atomic E-state index is 0.862. The minimum atomic E-state index is 0.862. The third kappa shape index (κ3) is 6.32. The van der Waals surface area contributed by atoms with Gasteiger partial charge < -0.3 is 15.4 Å². The first-order valence-corrected chi connectivity index (χ1v) is 8.43. The summed E-state index contributed by atoms with van der Waals surface area (Å²) in [6.45, 7) is 1.78. The molecule has 0 amide bonds. The second-order valence-corrected chi connectivity index (χ2v) is 5.61. The van der Waals surface area contributed by atoms with Crippen molar-refractivity contribution in [3.8, 4) is 5.75 Å². The first kappa shape index (κ1) is 17.9. The summed E-state index contributed by atoms with van der Waals surface area (Å²) >= 11 is 0. The zero-order valence-corrected chi connectivity index (χ0v) is 14.6. The summed E-state index contributed by atoms with van der Waals surface area (Å²) in [5.74, 6) is 1.76. The Morgan fingerprint density at radius 1 is 0.875 bits per heavy atom. The Hall–Kier alpha value is -2.49. The molecule has 4 heteroatoms. The molecule has 0 saturated heterocycles. The van der Waals surface area contributed by atoms with Gasteiger partial charge >= 0.3 is 0 Å². The number of nitrogens with one attached hydrogen (secondary N) is 2. The first-order valence-electron chi connectivity index (χ1n) is 8.43. The van der Waals surface area contributed by atoms with E-state index in [1.54, 1.807) is 14.2 Å². The number of benzene rings is 2. The van der Waals surface area contributed by atoms with E-state index in [0.717, 1.165) is 44.1 Å². The number of hydrogen-bond donors (Lipinski definition) is 2. The third-order valence-electron chi connectivity index (χ3n) is 3.87. The van der Waals surface area contributed by atoms with E-state index in [2.05, 4.69) is 52.0 Å². The van der Waals surface area contributed by atoms with Crippen molar-refractivity contribution in [3.63, 3.8) is 0 Å². The summed E-state index contributed by atoms with van der Waals surface area (Å²) in [5.41, 5.74) is 2.66. The first-order chi connectivity index (χ1) is 11.8. The second-order valence-electron chi connectivity index (χ2n) is 5.61. The van der Waals surface area contributed by atoms with E-state index in [-0.39, 0.29) is 0 Å². The Balaban J connectivity index is 1.62. The van der Waals surface area contributed by atoms with E-state index in [4.69, 9.17) is 4.74 Å². The zero-order valence-electron chi connectivity index (χ0n) is 14.6. The molecule has 0 bridgehead atoms. The van der Waals surface area contributed by atoms with Crippen molar-refractivity contribution in [3.05, 3.63) is 65.7 Å². The Morgan fingerprint density at radius 3 is 2.21 bits per heavy atom. The SMILES string of the molecule is CN=C(NCCCc1ccc(OC)cc1)NCCc1ccccc1. The maximum absolute atomic E-state index is 5.17. The lowest BCUT2D eigenvalue weighted by Crippen LogP contribution is -2.38. The highest BCUT2D eigenvalue weighted by atomic mass is 16.5. The summed E-state index contributed by atoms with van der Waals surface area (Å²) in [4.78, 5) is 4.26. The lowest BCUT2D eigenvalue weighted by Gasteiger charge is -2.12. The van der Waals surface area contributed by atoms with Gasteiger partial charge in [0.15, 0.2) is 5.96 Å². The molecule has 0 aliphatic heterocycles. The number of rotatable bonds is 8. The van der Waals surface area contributed by atoms with Gasteiger partial charge in [0.1, 0.15) is 5.75 Å². The van der Waals surface area contributed by atoms with Crippen molar-refractivity contribution in [2.24, 2.45) is 4.99 Å². The number of hydrogen-bond acceptors (Lipinski definition) is 2. The van der Waals surface area contributed by atoms with Crippen LogP contribution in [0.15, 0.2) is 59.6 Å². The standard InChI is InChI=1S/C20H27N3O/c1-21-20(23-16-14-17-7-4-3-5-8-17)22-15-6-9-18-10-12-19(24-2)13-11-18/h3-5,7-8,10-13H,6,9,14-16H2,1-2H3,(H2,21,22,23). The van der Waals surface area contributed by atoms with E-state index in [0.29, 0.717) is 0 Å². The predicted octanol–water partition coefficient (Wildman–Crippen LogP) is 3.04. The van der Waals surface area contributed by atoms with Gasteiger partial charge in [0, 0.05) is 20.1 Å². The highest BCUT2D eigenvalue weighted by molar-refractivity contribution is 5.79. The third-order valence-corrected chi connectivity index (χ3v) is 3.87. The normalized spacial score (nSPS) is 11.2. The number of nitrogens with zero attached hydrogens (tertiary/aromatic N) is 1. The number of guanidine groups is 1. The van der Waals surface area contributed by atoms with Gasteiger partial charge in [0.25, 0.3) is 0 Å². The molecule has 0 aliphatic rings. The Morgan fingerprint density at radius 2 is 1.54 bits per heavy atom. The van der Waals surface area contributed by atoms with E-state index >= 15 is 0 Å². The molecule has 0 unspecified atom stereocenters. The average molecular weight is 325 g/mol. The largest absolute Gasteiger partial charge is 0.497 e. The highest BCUT2D eigenvalue weighted by Gasteiger charge is 1.99. The van der Waals surface area contributed by atoms with Gasteiger partial charge in [-0.15, -0.1) is 0 Å². The number of aryl methyl sites for hydroxylation is 1. The summed E-state index contributed by atoms with van der Waals surface area (Å²) < 4.78 is 5.17. The van der Waals surface area contributed by atoms with Crippen LogP contribution in [0.1, 0.15) is 17.5 Å². The van der Waals surface area contributed by atoms with Crippen LogP contribution in [0.25, 0.3) is 0 Å². The molecule has 0 saturated carbocycles. The van der Waals surface area contributed by atoms with Crippen molar-refractivity contribution in [2.45, 2.75) is 19.3 Å². The van der Waals surface area contributed by atoms with E-state index in [1.165, 1.54) is 11.1 Å². The van der Waals surface area contributed by atoms with Crippen LogP contribution in [-0.2, 0) is 12.8 Å². The quantitative estimate of drug-likeness (QED) is 0.445. The molecule has 2 N–H and O–H groups in total. The van der Waals surface area contributed by atoms with Crippen molar-refractivity contribution in [1.29, 1.82) is 0 Å². The summed E-state index contributed by atoms with van der Waals surface area (Å²) in [7, 11) is 3.50. The summed E-state index contributed by atoms with van der Waals surface area (Å²) in [5, 5.41) is 6.72. The lowest BCUT2D eigenvalue weighted by molar-refractivity contribution is 0.414. The monoisotopic (exact) mass is 325 g/mol. The van der Waals surface area contributed by atoms with E-state index in [9.17, 15) is 0 Å². The molecular weight excluding hydrogens is 298 g/mol. The molecule has 4 nitrogen and oxygen atoms in total. The van der Waals surface area contributed by atoms with E-state index in [1.807, 2.05) is 18.2 Å². The number of ether oxygens (including phenoxy) is 1. The fourth-order valence-electron chi connectivity index (χ4n) is 2.48. The Labute approximate surface area is 145 Å². The fraction of sp³-hybridized carbons (Fsp3) is 0.350. The summed E-state index contributed by atoms with van der Waals surface area (Å²) in [6.07, 6.45) is 3.09. The van der Waals surface area contributed by atoms with Crippen molar-refractivity contribution < 1.29 is 4.74 Å². The Kier molecular flexibility index (Phi) is 7.68. The molecule has 2 aromatic carbocycles. The van der Waals surface area contributed by atoms with Gasteiger partial charge in [-0.2, -0.15) is 0 Å². The maximum atomic E-state index is 5.17. The fourth-order valence-corrected chi connectivity index (χ4v) is 2.48. The topological polar surface area (TPSA) is 45.7 Å². The van der Waals surface area contributed by atoms with Gasteiger partial charge in [-0.05, 0) is 42.5 Å². The molecule has 24 heavy (non-hydrogen) atoms. The van der Waals surface area contributed by atoms with Crippen molar-refractivity contribution in [1.82, 2.24) is 10.6 Å². The van der Waals surface area contributed by atoms with Crippen LogP contribution in [0.2, 0.25) is 0 Å². The minimum Gasteiger partial charge on any atom is -0.497 e. The maximum Gasteiger partial charge on any atom is 0.190 e. The van der Waals surface area contributed by atoms with E-state index < -0.39 is 0 Å². The van der Waals surface area contributed by atoms with Gasteiger partial charge in [-0.25, -0.2) is 0 Å². The molecular formula is C20H27N3O. The van der Waals surface area contributed by atoms with Crippen LogP contribution in [0.4, 0.5) is 0 Å². The van der Waals surface area contributed by atoms with Crippen LogP contribution in [0, 0.1) is 0 Å². The van der Waals surface area contributed by atoms with Crippen LogP contribution in [-0.4, -0.2) is 33.2 Å². The molecule has 2 rings (SSSR count). The second kappa shape index (κ2) is 10.3.